The molecule has 0 saturated carbocycles. The molecule has 2 aromatic carbocycles. The van der Waals surface area contributed by atoms with Gasteiger partial charge >= 0.3 is 0 Å². The Hall–Kier alpha value is -3.75. The molecular weight excluding hydrogens is 526 g/mol. The van der Waals surface area contributed by atoms with Crippen molar-refractivity contribution in [1.29, 1.82) is 0 Å². The number of carbonyl (C=O) groups is 1. The van der Waals surface area contributed by atoms with Crippen LogP contribution in [0.4, 0.5) is 29.2 Å². The van der Waals surface area contributed by atoms with Crippen LogP contribution >= 0.6 is 11.6 Å². The number of nitrogens with one attached hydrogen (secondary N) is 2. The van der Waals surface area contributed by atoms with Gasteiger partial charge in [-0.15, -0.1) is 0 Å². The van der Waals surface area contributed by atoms with E-state index in [-0.39, 0.29) is 48.5 Å². The Labute approximate surface area is 229 Å². The number of phenolic OH excluding ortho intramolecular Hbond substituents is 1. The Balaban J connectivity index is 1.38. The summed E-state index contributed by atoms with van der Waals surface area (Å²) < 4.78 is 0. The molecule has 0 bridgehead atoms. The van der Waals surface area contributed by atoms with Gasteiger partial charge in [0.15, 0.2) is 0 Å². The van der Waals surface area contributed by atoms with Crippen molar-refractivity contribution in [2.24, 2.45) is 11.5 Å². The number of halogens is 1. The third-order valence-corrected chi connectivity index (χ3v) is 6.81. The Morgan fingerprint density at radius 2 is 1.49 bits per heavy atom. The number of anilines is 5. The monoisotopic (exact) mass is 555 g/mol. The number of hydrogen-bond acceptors (Lipinski definition) is 12. The smallest absolute Gasteiger partial charge is 0.255 e. The topological polar surface area (TPSA) is 199 Å². The maximum absolute atomic E-state index is 12.5. The average Bonchev–Trinajstić information content (AvgIpc) is 3.23. The summed E-state index contributed by atoms with van der Waals surface area (Å²) in [7, 11) is 0. The van der Waals surface area contributed by atoms with Crippen LogP contribution in [0, 0.1) is 0 Å². The molecule has 1 aromatic heterocycles. The minimum absolute atomic E-state index is 0.145. The first kappa shape index (κ1) is 26.8. The highest BCUT2D eigenvalue weighted by Gasteiger charge is 2.33. The van der Waals surface area contributed by atoms with Gasteiger partial charge in [0.25, 0.3) is 5.91 Å². The van der Waals surface area contributed by atoms with Gasteiger partial charge in [-0.2, -0.15) is 15.0 Å². The molecule has 0 spiro atoms. The zero-order valence-electron chi connectivity index (χ0n) is 20.9. The summed E-state index contributed by atoms with van der Waals surface area (Å²) in [5, 5.41) is 36.9. The van der Waals surface area contributed by atoms with E-state index in [2.05, 4.69) is 25.6 Å². The molecule has 4 atom stereocenters. The normalized spacial score (nSPS) is 23.1. The second-order valence-electron chi connectivity index (χ2n) is 9.78. The van der Waals surface area contributed by atoms with Crippen LogP contribution in [0.25, 0.3) is 0 Å². The summed E-state index contributed by atoms with van der Waals surface area (Å²) in [6.07, 6.45) is -1.17. The summed E-state index contributed by atoms with van der Waals surface area (Å²) >= 11 is 5.88. The fourth-order valence-corrected chi connectivity index (χ4v) is 4.73. The van der Waals surface area contributed by atoms with E-state index in [1.54, 1.807) is 41.3 Å². The molecule has 2 saturated heterocycles. The molecule has 3 aromatic rings. The zero-order chi connectivity index (χ0) is 27.7. The number of hydrogen-bond donors (Lipinski definition) is 7. The van der Waals surface area contributed by atoms with Crippen LogP contribution in [-0.4, -0.2) is 86.6 Å². The average molecular weight is 556 g/mol. The lowest BCUT2D eigenvalue weighted by Gasteiger charge is -2.35. The molecule has 3 heterocycles. The quantitative estimate of drug-likeness (QED) is 0.210. The number of carbonyl (C=O) groups excluding carboxylic acids is 1. The number of aliphatic hydroxyl groups excluding tert-OH is 2. The van der Waals surface area contributed by atoms with Crippen molar-refractivity contribution >= 4 is 46.7 Å². The van der Waals surface area contributed by atoms with Gasteiger partial charge in [0.1, 0.15) is 5.75 Å². The summed E-state index contributed by atoms with van der Waals surface area (Å²) in [5.74, 6) is 0.218. The van der Waals surface area contributed by atoms with Crippen LogP contribution in [0.15, 0.2) is 42.5 Å². The molecule has 13 nitrogen and oxygen atoms in total. The third-order valence-electron chi connectivity index (χ3n) is 6.56. The number of nitrogens with two attached hydrogens (primary N) is 2. The van der Waals surface area contributed by atoms with Crippen molar-refractivity contribution in [3.8, 4) is 5.75 Å². The Morgan fingerprint density at radius 1 is 0.897 bits per heavy atom. The molecular formula is C25H30ClN9O4. The van der Waals surface area contributed by atoms with Crippen molar-refractivity contribution in [3.63, 3.8) is 0 Å². The first-order valence-corrected chi connectivity index (χ1v) is 12.8. The molecule has 14 heteroatoms. The minimum atomic E-state index is -0.925. The van der Waals surface area contributed by atoms with Gasteiger partial charge < -0.3 is 47.2 Å². The minimum Gasteiger partial charge on any atom is -0.506 e. The Bertz CT molecular complexity index is 1330. The number of aromatic nitrogens is 3. The van der Waals surface area contributed by atoms with Crippen molar-refractivity contribution in [3.05, 3.63) is 53.1 Å². The largest absolute Gasteiger partial charge is 0.506 e. The van der Waals surface area contributed by atoms with E-state index in [1.165, 1.54) is 6.07 Å². The van der Waals surface area contributed by atoms with Crippen LogP contribution in [0.3, 0.4) is 0 Å². The van der Waals surface area contributed by atoms with Gasteiger partial charge in [0.2, 0.25) is 17.8 Å². The second kappa shape index (κ2) is 11.2. The Morgan fingerprint density at radius 3 is 2.08 bits per heavy atom. The van der Waals surface area contributed by atoms with E-state index in [4.69, 9.17) is 23.1 Å². The zero-order valence-corrected chi connectivity index (χ0v) is 21.7. The maximum atomic E-state index is 12.5. The third kappa shape index (κ3) is 6.29. The standard InChI is InChI=1S/C25H30ClN9O4/c26-14-3-1-13(2-4-14)22(39)30-18-6-5-17(8-19(18)36)29-23-31-24(34-9-15(27)7-16(28)10-34)33-25(32-23)35-11-20(37)21(38)12-35/h1-6,8,15-16,20-21,36-38H,7,9-12,27-28H2,(H,30,39)(H,29,31,32,33)/t15-,16+,20-,21+. The number of piperidine rings is 1. The van der Waals surface area contributed by atoms with Crippen molar-refractivity contribution in [2.45, 2.75) is 30.7 Å². The molecule has 1 amide bonds. The molecule has 2 aliphatic heterocycles. The predicted octanol–water partition coefficient (Wildman–Crippen LogP) is 0.633. The van der Waals surface area contributed by atoms with Gasteiger partial charge in [0, 0.05) is 60.6 Å². The number of amides is 1. The van der Waals surface area contributed by atoms with E-state index in [9.17, 15) is 20.1 Å². The summed E-state index contributed by atoms with van der Waals surface area (Å²) in [5.41, 5.74) is 13.4. The highest BCUT2D eigenvalue weighted by Crippen LogP contribution is 2.30. The summed E-state index contributed by atoms with van der Waals surface area (Å²) in [6.45, 7) is 1.33. The van der Waals surface area contributed by atoms with Gasteiger partial charge in [-0.25, -0.2) is 0 Å². The highest BCUT2D eigenvalue weighted by molar-refractivity contribution is 6.30. The molecule has 206 valence electrons. The molecule has 5 rings (SSSR count). The van der Waals surface area contributed by atoms with E-state index in [0.717, 1.165) is 0 Å². The lowest BCUT2D eigenvalue weighted by Crippen LogP contribution is -2.53. The number of β-amino-alcohol motifs (C(OH)–C–C–N with tert-alkyl or cyclic N) is 2. The lowest BCUT2D eigenvalue weighted by molar-refractivity contribution is 0.0572. The van der Waals surface area contributed by atoms with Crippen LogP contribution in [0.1, 0.15) is 16.8 Å². The van der Waals surface area contributed by atoms with Crippen LogP contribution in [0.5, 0.6) is 5.75 Å². The van der Waals surface area contributed by atoms with Crippen LogP contribution in [-0.2, 0) is 0 Å². The summed E-state index contributed by atoms with van der Waals surface area (Å²) in [4.78, 5) is 29.7. The maximum Gasteiger partial charge on any atom is 0.255 e. The van der Waals surface area contributed by atoms with E-state index in [0.29, 0.717) is 41.7 Å². The molecule has 0 aliphatic carbocycles. The number of rotatable bonds is 6. The first-order valence-electron chi connectivity index (χ1n) is 12.4. The fraction of sp³-hybridized carbons (Fsp3) is 0.360. The molecule has 2 fully saturated rings. The van der Waals surface area contributed by atoms with Gasteiger partial charge in [-0.3, -0.25) is 4.79 Å². The van der Waals surface area contributed by atoms with Crippen molar-refractivity contribution in [1.82, 2.24) is 15.0 Å². The lowest BCUT2D eigenvalue weighted by atomic mass is 10.0. The van der Waals surface area contributed by atoms with Gasteiger partial charge in [-0.1, -0.05) is 11.6 Å². The highest BCUT2D eigenvalue weighted by atomic mass is 35.5. The predicted molar refractivity (Wildman–Crippen MR) is 148 cm³/mol. The fourth-order valence-electron chi connectivity index (χ4n) is 4.61. The summed E-state index contributed by atoms with van der Waals surface area (Å²) in [6, 6.07) is 10.7. The number of phenols is 1. The van der Waals surface area contributed by atoms with E-state index in [1.807, 2.05) is 4.90 Å². The van der Waals surface area contributed by atoms with E-state index >= 15 is 0 Å². The van der Waals surface area contributed by atoms with Crippen LogP contribution in [0.2, 0.25) is 5.02 Å². The van der Waals surface area contributed by atoms with Gasteiger partial charge in [-0.05, 0) is 42.8 Å². The SMILES string of the molecule is N[C@@H]1C[C@H](N)CN(c2nc(Nc3ccc(NC(=O)c4ccc(Cl)cc4)c(O)c3)nc(N3C[C@@H](O)[C@@H](O)C3)n2)C1. The number of aromatic hydroxyl groups is 1. The molecule has 39 heavy (non-hydrogen) atoms. The molecule has 9 N–H and O–H groups in total. The van der Waals surface area contributed by atoms with Crippen LogP contribution < -0.4 is 31.9 Å². The number of nitrogens with zero attached hydrogens (tertiary/aromatic N) is 5. The van der Waals surface area contributed by atoms with Crippen molar-refractivity contribution in [2.75, 3.05) is 46.6 Å². The number of benzene rings is 2. The molecule has 2 aliphatic rings. The first-order chi connectivity index (χ1) is 18.6. The van der Waals surface area contributed by atoms with E-state index < -0.39 is 18.1 Å². The molecule has 0 radical (unpaired) electrons. The Kier molecular flexibility index (Phi) is 7.68. The van der Waals surface area contributed by atoms with Crippen molar-refractivity contribution < 1.29 is 20.1 Å². The van der Waals surface area contributed by atoms with Gasteiger partial charge in [0.05, 0.1) is 17.9 Å². The molecule has 0 unspecified atom stereocenters. The second-order valence-corrected chi connectivity index (χ2v) is 10.2. The number of aliphatic hydroxyl groups is 2.